The summed E-state index contributed by atoms with van der Waals surface area (Å²) in [5.74, 6) is 0. The summed E-state index contributed by atoms with van der Waals surface area (Å²) in [5, 5.41) is 39.7. The number of hydrogen-bond donors (Lipinski definition) is 2. The fraction of sp³-hybridized carbons (Fsp3) is 0. The maximum absolute atomic E-state index is 10.8. The van der Waals surface area contributed by atoms with Gasteiger partial charge >= 0.3 is 0 Å². The van der Waals surface area contributed by atoms with Crippen molar-refractivity contribution in [2.45, 2.75) is 9.79 Å². The lowest BCUT2D eigenvalue weighted by atomic mass is 10.2. The van der Waals surface area contributed by atoms with Crippen LogP contribution in [0.1, 0.15) is 0 Å². The Morgan fingerprint density at radius 2 is 1.57 bits per heavy atom. The zero-order valence-electron chi connectivity index (χ0n) is 11.8. The zero-order valence-corrected chi connectivity index (χ0v) is 12.6. The summed E-state index contributed by atoms with van der Waals surface area (Å²) < 4.78 is 0. The molecule has 0 fully saturated rings. The molecule has 0 spiro atoms. The monoisotopic (exact) mass is 328 g/mol. The molecule has 0 unspecified atom stereocenters. The minimum Gasteiger partial charge on any atom is -0.769 e. The van der Waals surface area contributed by atoms with Gasteiger partial charge in [0.15, 0.2) is 0 Å². The Hall–Kier alpha value is -2.29. The Balaban J connectivity index is 1.99. The van der Waals surface area contributed by atoms with E-state index in [1.54, 1.807) is 0 Å². The molecule has 0 radical (unpaired) electrons. The molecule has 118 valence electrons. The van der Waals surface area contributed by atoms with E-state index in [0.29, 0.717) is 4.90 Å². The number of anilines is 2. The van der Waals surface area contributed by atoms with Crippen molar-refractivity contribution in [1.82, 2.24) is 0 Å². The van der Waals surface area contributed by atoms with Gasteiger partial charge in [-0.25, -0.2) is 0 Å². The molecule has 6 nitrogen and oxygen atoms in total. The molecule has 0 atom stereocenters. The Labute approximate surface area is 136 Å². The highest BCUT2D eigenvalue weighted by Crippen LogP contribution is 2.42. The lowest BCUT2D eigenvalue weighted by molar-refractivity contribution is 0.0277. The average Bonchev–Trinajstić information content (AvgIpc) is 2.75. The molecule has 1 aromatic carbocycles. The molecule has 23 heavy (non-hydrogen) atoms. The third-order valence-electron chi connectivity index (χ3n) is 3.34. The van der Waals surface area contributed by atoms with Gasteiger partial charge in [0.2, 0.25) is 0 Å². The second kappa shape index (κ2) is 6.45. The van der Waals surface area contributed by atoms with Crippen molar-refractivity contribution in [3.05, 3.63) is 71.1 Å². The summed E-state index contributed by atoms with van der Waals surface area (Å²) >= 11 is 1.31. The molecule has 0 heterocycles. The molecule has 2 N–H and O–H groups in total. The van der Waals surface area contributed by atoms with Crippen LogP contribution >= 0.6 is 11.8 Å². The predicted molar refractivity (Wildman–Crippen MR) is 88.9 cm³/mol. The first-order valence-corrected chi connectivity index (χ1v) is 7.50. The number of hydrogen-bond acceptors (Lipinski definition) is 7. The summed E-state index contributed by atoms with van der Waals surface area (Å²) in [6, 6.07) is 17.6. The van der Waals surface area contributed by atoms with Gasteiger partial charge in [0, 0.05) is 15.5 Å². The van der Waals surface area contributed by atoms with Crippen molar-refractivity contribution >= 4 is 23.1 Å². The van der Waals surface area contributed by atoms with Crippen LogP contribution in [-0.2, 0) is 0 Å². The Morgan fingerprint density at radius 1 is 0.826 bits per heavy atom. The van der Waals surface area contributed by atoms with Gasteiger partial charge in [-0.05, 0) is 35.4 Å². The van der Waals surface area contributed by atoms with E-state index in [0.717, 1.165) is 22.1 Å². The maximum atomic E-state index is 10.8. The molecule has 2 aliphatic rings. The van der Waals surface area contributed by atoms with E-state index in [2.05, 4.69) is 0 Å². The van der Waals surface area contributed by atoms with Crippen LogP contribution in [0.3, 0.4) is 0 Å². The smallest absolute Gasteiger partial charge is 0.110 e. The van der Waals surface area contributed by atoms with Crippen LogP contribution in [0, 0.1) is 10.4 Å². The van der Waals surface area contributed by atoms with E-state index < -0.39 is 5.23 Å². The molecule has 1 aromatic rings. The first-order chi connectivity index (χ1) is 11.1. The largest absolute Gasteiger partial charge is 0.769 e. The van der Waals surface area contributed by atoms with Crippen molar-refractivity contribution in [3.63, 3.8) is 0 Å². The third-order valence-corrected chi connectivity index (χ3v) is 4.48. The van der Waals surface area contributed by atoms with Crippen LogP contribution in [0.2, 0.25) is 0 Å². The van der Waals surface area contributed by atoms with E-state index in [4.69, 9.17) is 0 Å². The van der Waals surface area contributed by atoms with E-state index in [-0.39, 0.29) is 16.6 Å². The molecule has 0 saturated carbocycles. The quantitative estimate of drug-likeness (QED) is 0.688. The summed E-state index contributed by atoms with van der Waals surface area (Å²) in [6.45, 7) is 0. The minimum absolute atomic E-state index is 0.0427. The average molecular weight is 328 g/mol. The molecule has 7 heteroatoms. The summed E-state index contributed by atoms with van der Waals surface area (Å²) in [5.41, 5.74) is 1.83. The first-order valence-electron chi connectivity index (χ1n) is 6.68. The topological polar surface area (TPSA) is 93.1 Å². The van der Waals surface area contributed by atoms with Gasteiger partial charge in [0.25, 0.3) is 0 Å². The van der Waals surface area contributed by atoms with Crippen LogP contribution in [0.4, 0.5) is 11.4 Å². The zero-order chi connectivity index (χ0) is 16.4. The van der Waals surface area contributed by atoms with Gasteiger partial charge in [-0.3, -0.25) is 10.4 Å². The fourth-order valence-electron chi connectivity index (χ4n) is 2.26. The Bertz CT molecular complexity index is 795. The highest BCUT2D eigenvalue weighted by Gasteiger charge is 2.14. The molecule has 0 aliphatic heterocycles. The maximum Gasteiger partial charge on any atom is 0.110 e. The fourth-order valence-corrected chi connectivity index (χ4v) is 3.31. The number of fused-ring (bicyclic) bond motifs is 1. The van der Waals surface area contributed by atoms with Gasteiger partial charge in [0.05, 0.1) is 0 Å². The van der Waals surface area contributed by atoms with Crippen molar-refractivity contribution in [1.29, 1.82) is 0 Å². The van der Waals surface area contributed by atoms with E-state index in [9.17, 15) is 20.8 Å². The highest BCUT2D eigenvalue weighted by atomic mass is 32.2. The summed E-state index contributed by atoms with van der Waals surface area (Å²) in [7, 11) is 0. The van der Waals surface area contributed by atoms with Crippen molar-refractivity contribution in [2.24, 2.45) is 0 Å². The second-order valence-electron chi connectivity index (χ2n) is 4.78. The van der Waals surface area contributed by atoms with Crippen LogP contribution in [-0.4, -0.2) is 10.4 Å². The van der Waals surface area contributed by atoms with Gasteiger partial charge in [-0.1, -0.05) is 48.2 Å². The van der Waals surface area contributed by atoms with Crippen LogP contribution in [0.15, 0.2) is 70.5 Å². The molecular formula is C16H12N2O4S-2. The molecule has 0 amide bonds. The molecule has 0 aromatic heterocycles. The molecule has 2 aliphatic carbocycles. The molecule has 3 rings (SSSR count). The predicted octanol–water partition coefficient (Wildman–Crippen LogP) is 4.33. The number of benzene rings is 1. The number of rotatable bonds is 4. The van der Waals surface area contributed by atoms with Crippen molar-refractivity contribution < 1.29 is 10.4 Å². The molecule has 0 saturated heterocycles. The summed E-state index contributed by atoms with van der Waals surface area (Å²) in [4.78, 5) is 1.42. The second-order valence-corrected chi connectivity index (χ2v) is 5.86. The molecule has 0 bridgehead atoms. The van der Waals surface area contributed by atoms with Crippen molar-refractivity contribution in [3.8, 4) is 11.1 Å². The van der Waals surface area contributed by atoms with Crippen LogP contribution in [0.5, 0.6) is 0 Å². The minimum atomic E-state index is -0.584. The highest BCUT2D eigenvalue weighted by molar-refractivity contribution is 7.99. The summed E-state index contributed by atoms with van der Waals surface area (Å²) in [6.07, 6.45) is 0. The van der Waals surface area contributed by atoms with E-state index in [1.165, 1.54) is 23.9 Å². The van der Waals surface area contributed by atoms with Crippen molar-refractivity contribution in [2.75, 3.05) is 10.5 Å². The van der Waals surface area contributed by atoms with Gasteiger partial charge in [-0.15, -0.1) is 5.23 Å². The third kappa shape index (κ3) is 3.24. The standard InChI is InChI=1S/C16H12N2O4S/c19-17(20)12-7-9-16(14(10-12)18(21)22)23-15-8-6-11-4-2-1-3-5-13(11)15/h1-10,21-22H/q-2. The Kier molecular flexibility index (Phi) is 4.37. The first kappa shape index (κ1) is 15.6. The number of nitrogens with zero attached hydrogens (tertiary/aromatic N) is 2. The van der Waals surface area contributed by atoms with E-state index >= 15 is 0 Å². The normalized spacial score (nSPS) is 10.8. The van der Waals surface area contributed by atoms with Gasteiger partial charge in [0.1, 0.15) is 5.69 Å². The Morgan fingerprint density at radius 3 is 2.30 bits per heavy atom. The lowest BCUT2D eigenvalue weighted by Crippen LogP contribution is -2.13. The van der Waals surface area contributed by atoms with E-state index in [1.807, 2.05) is 42.5 Å². The lowest BCUT2D eigenvalue weighted by Gasteiger charge is -2.38. The molecular weight excluding hydrogens is 316 g/mol. The SMILES string of the molecule is [O-]N([O-])c1ccc(Sc2ccc3cccccc2-3)c(N(O)O)c1. The van der Waals surface area contributed by atoms with Gasteiger partial charge in [-0.2, -0.15) is 0 Å². The van der Waals surface area contributed by atoms with Crippen LogP contribution < -0.4 is 10.5 Å². The van der Waals surface area contributed by atoms with Gasteiger partial charge < -0.3 is 15.6 Å². The van der Waals surface area contributed by atoms with Crippen LogP contribution in [0.25, 0.3) is 11.1 Å².